The number of ether oxygens (including phenoxy) is 1. The summed E-state index contributed by atoms with van der Waals surface area (Å²) < 4.78 is 5.36. The molecule has 1 fully saturated rings. The van der Waals surface area contributed by atoms with Gasteiger partial charge in [-0.3, -0.25) is 0 Å². The molecule has 1 amide bonds. The van der Waals surface area contributed by atoms with Gasteiger partial charge in [-0.05, 0) is 83.7 Å². The van der Waals surface area contributed by atoms with E-state index in [0.717, 1.165) is 37.8 Å². The Bertz CT molecular complexity index is 554. The molecule has 1 aromatic rings. The number of thiophene rings is 1. The minimum Gasteiger partial charge on any atom is -0.444 e. The standard InChI is InChI=1S/C19H31N2O2S/c1-7-21(17-14(3)13(2)12-24-17)16-10-8-15(9-11-16)20-18(22)23-19(4,5)6/h12,15-16H,2,7-11H2,1,3-6H3,(H,20,22). The summed E-state index contributed by atoms with van der Waals surface area (Å²) in [5.74, 6) is 0. The molecule has 5 heteroatoms. The molecule has 0 aromatic carbocycles. The van der Waals surface area contributed by atoms with E-state index >= 15 is 0 Å². The van der Waals surface area contributed by atoms with Crippen molar-refractivity contribution in [2.75, 3.05) is 11.4 Å². The normalized spacial score (nSPS) is 21.4. The molecule has 1 aliphatic carbocycles. The Morgan fingerprint density at radius 1 is 1.38 bits per heavy atom. The number of carbonyl (C=O) groups is 1. The maximum Gasteiger partial charge on any atom is 0.407 e. The van der Waals surface area contributed by atoms with Gasteiger partial charge < -0.3 is 15.0 Å². The summed E-state index contributed by atoms with van der Waals surface area (Å²) in [7, 11) is 0. The van der Waals surface area contributed by atoms with Gasteiger partial charge in [0.2, 0.25) is 0 Å². The van der Waals surface area contributed by atoms with E-state index in [1.54, 1.807) is 11.3 Å². The third-order valence-electron chi connectivity index (χ3n) is 4.58. The Kier molecular flexibility index (Phi) is 6.18. The largest absolute Gasteiger partial charge is 0.444 e. The summed E-state index contributed by atoms with van der Waals surface area (Å²) in [5.41, 5.74) is 1.99. The highest BCUT2D eigenvalue weighted by Gasteiger charge is 2.28. The molecule has 0 spiro atoms. The molecule has 0 unspecified atom stereocenters. The second-order valence-electron chi connectivity index (χ2n) is 7.63. The fourth-order valence-corrected chi connectivity index (χ4v) is 4.45. The van der Waals surface area contributed by atoms with Crippen LogP contribution in [0.3, 0.4) is 0 Å². The lowest BCUT2D eigenvalue weighted by Gasteiger charge is -2.37. The van der Waals surface area contributed by atoms with Crippen LogP contribution in [-0.2, 0) is 4.74 Å². The molecule has 1 N–H and O–H groups in total. The number of nitrogens with zero attached hydrogens (tertiary/aromatic N) is 1. The van der Waals surface area contributed by atoms with E-state index in [9.17, 15) is 4.79 Å². The Labute approximate surface area is 150 Å². The molecular weight excluding hydrogens is 320 g/mol. The first kappa shape index (κ1) is 19.1. The SMILES string of the molecule is [CH2]c1csc(N(CC)C2CCC(NC(=O)OC(C)(C)C)CC2)c1C. The van der Waals surface area contributed by atoms with Gasteiger partial charge >= 0.3 is 6.09 Å². The number of amides is 1. The lowest BCUT2D eigenvalue weighted by Crippen LogP contribution is -2.45. The molecule has 0 atom stereocenters. The fraction of sp³-hybridized carbons (Fsp3) is 0.684. The Hall–Kier alpha value is -1.23. The molecule has 1 heterocycles. The molecule has 1 radical (unpaired) electrons. The summed E-state index contributed by atoms with van der Waals surface area (Å²) in [6.07, 6.45) is 3.90. The Morgan fingerprint density at radius 3 is 2.46 bits per heavy atom. The molecule has 0 bridgehead atoms. The number of hydrogen-bond acceptors (Lipinski definition) is 4. The van der Waals surface area contributed by atoms with Crippen LogP contribution in [0.1, 0.15) is 64.5 Å². The van der Waals surface area contributed by atoms with Crippen LogP contribution in [0.2, 0.25) is 0 Å². The van der Waals surface area contributed by atoms with Crippen LogP contribution < -0.4 is 10.2 Å². The van der Waals surface area contributed by atoms with Gasteiger partial charge in [0.15, 0.2) is 0 Å². The van der Waals surface area contributed by atoms with Crippen LogP contribution in [0.4, 0.5) is 9.80 Å². The number of alkyl carbamates (subject to hydrolysis) is 1. The monoisotopic (exact) mass is 351 g/mol. The summed E-state index contributed by atoms with van der Waals surface area (Å²) in [6.45, 7) is 15.2. The van der Waals surface area contributed by atoms with E-state index in [-0.39, 0.29) is 12.1 Å². The highest BCUT2D eigenvalue weighted by Crippen LogP contribution is 2.35. The molecule has 4 nitrogen and oxygen atoms in total. The maximum atomic E-state index is 11.9. The van der Waals surface area contributed by atoms with E-state index in [4.69, 9.17) is 4.74 Å². The molecule has 0 aliphatic heterocycles. The van der Waals surface area contributed by atoms with E-state index in [0.29, 0.717) is 6.04 Å². The van der Waals surface area contributed by atoms with Gasteiger partial charge in [-0.1, -0.05) is 0 Å². The summed E-state index contributed by atoms with van der Waals surface area (Å²) in [6, 6.07) is 0.770. The van der Waals surface area contributed by atoms with E-state index in [2.05, 4.69) is 36.4 Å². The van der Waals surface area contributed by atoms with Crippen LogP contribution in [0, 0.1) is 13.8 Å². The van der Waals surface area contributed by atoms with Crippen molar-refractivity contribution in [1.29, 1.82) is 0 Å². The molecule has 1 saturated carbocycles. The van der Waals surface area contributed by atoms with Crippen LogP contribution >= 0.6 is 11.3 Å². The van der Waals surface area contributed by atoms with E-state index in [1.807, 2.05) is 20.8 Å². The zero-order chi connectivity index (χ0) is 17.9. The minimum atomic E-state index is -0.442. The second-order valence-corrected chi connectivity index (χ2v) is 8.49. The summed E-state index contributed by atoms with van der Waals surface area (Å²) >= 11 is 1.79. The van der Waals surface area contributed by atoms with Crippen LogP contribution in [0.5, 0.6) is 0 Å². The first-order chi connectivity index (χ1) is 11.2. The quantitative estimate of drug-likeness (QED) is 0.839. The van der Waals surface area contributed by atoms with Gasteiger partial charge in [0, 0.05) is 18.6 Å². The molecule has 1 aliphatic rings. The van der Waals surface area contributed by atoms with Gasteiger partial charge in [-0.2, -0.15) is 0 Å². The maximum absolute atomic E-state index is 11.9. The second kappa shape index (κ2) is 7.77. The van der Waals surface area contributed by atoms with Gasteiger partial charge in [0.1, 0.15) is 5.60 Å². The van der Waals surface area contributed by atoms with Crippen LogP contribution in [0.15, 0.2) is 5.38 Å². The molecule has 0 saturated heterocycles. The van der Waals surface area contributed by atoms with Crippen molar-refractivity contribution in [2.45, 2.75) is 78.0 Å². The van der Waals surface area contributed by atoms with Gasteiger partial charge in [0.25, 0.3) is 0 Å². The number of nitrogens with one attached hydrogen (secondary N) is 1. The van der Waals surface area contributed by atoms with Crippen molar-refractivity contribution in [3.8, 4) is 0 Å². The Morgan fingerprint density at radius 2 is 2.00 bits per heavy atom. The third-order valence-corrected chi connectivity index (χ3v) is 5.74. The highest BCUT2D eigenvalue weighted by atomic mass is 32.1. The van der Waals surface area contributed by atoms with Gasteiger partial charge in [-0.25, -0.2) is 4.79 Å². The zero-order valence-electron chi connectivity index (χ0n) is 15.6. The topological polar surface area (TPSA) is 41.6 Å². The highest BCUT2D eigenvalue weighted by molar-refractivity contribution is 7.14. The van der Waals surface area contributed by atoms with Crippen LogP contribution in [-0.4, -0.2) is 30.3 Å². The van der Waals surface area contributed by atoms with E-state index in [1.165, 1.54) is 10.6 Å². The molecule has 135 valence electrons. The first-order valence-corrected chi connectivity index (χ1v) is 9.75. The van der Waals surface area contributed by atoms with Crippen molar-refractivity contribution < 1.29 is 9.53 Å². The number of hydrogen-bond donors (Lipinski definition) is 1. The van der Waals surface area contributed by atoms with Crippen molar-refractivity contribution >= 4 is 22.4 Å². The van der Waals surface area contributed by atoms with Crippen molar-refractivity contribution in [2.24, 2.45) is 0 Å². The number of rotatable bonds is 4. The smallest absolute Gasteiger partial charge is 0.407 e. The summed E-state index contributed by atoms with van der Waals surface area (Å²) in [4.78, 5) is 14.4. The number of carbonyl (C=O) groups excluding carboxylic acids is 1. The average molecular weight is 352 g/mol. The molecule has 2 rings (SSSR count). The fourth-order valence-electron chi connectivity index (χ4n) is 3.30. The average Bonchev–Trinajstić information content (AvgIpc) is 2.80. The third kappa shape index (κ3) is 4.88. The van der Waals surface area contributed by atoms with Gasteiger partial charge in [-0.15, -0.1) is 11.3 Å². The van der Waals surface area contributed by atoms with Crippen molar-refractivity contribution in [3.05, 3.63) is 23.4 Å². The van der Waals surface area contributed by atoms with E-state index < -0.39 is 5.60 Å². The summed E-state index contributed by atoms with van der Waals surface area (Å²) in [5, 5.41) is 6.52. The molecule has 24 heavy (non-hydrogen) atoms. The zero-order valence-corrected chi connectivity index (χ0v) is 16.5. The number of anilines is 1. The molecular formula is C19H31N2O2S. The van der Waals surface area contributed by atoms with Crippen molar-refractivity contribution in [1.82, 2.24) is 5.32 Å². The van der Waals surface area contributed by atoms with Gasteiger partial charge in [0.05, 0.1) is 5.00 Å². The Balaban J connectivity index is 1.89. The predicted octanol–water partition coefficient (Wildman–Crippen LogP) is 4.90. The minimum absolute atomic E-state index is 0.225. The molecule has 1 aromatic heterocycles. The van der Waals surface area contributed by atoms with Crippen molar-refractivity contribution in [3.63, 3.8) is 0 Å². The van der Waals surface area contributed by atoms with Crippen LogP contribution in [0.25, 0.3) is 0 Å². The first-order valence-electron chi connectivity index (χ1n) is 8.87. The lowest BCUT2D eigenvalue weighted by atomic mass is 9.90. The predicted molar refractivity (Wildman–Crippen MR) is 102 cm³/mol. The lowest BCUT2D eigenvalue weighted by molar-refractivity contribution is 0.0491.